The van der Waals surface area contributed by atoms with Gasteiger partial charge in [-0.25, -0.2) is 0 Å². The van der Waals surface area contributed by atoms with Crippen molar-refractivity contribution >= 4 is 27.5 Å². The third-order valence-electron chi connectivity index (χ3n) is 2.46. The molecule has 0 amide bonds. The Hall–Kier alpha value is -0.410. The summed E-state index contributed by atoms with van der Waals surface area (Å²) in [6, 6.07) is 5.42. The topological polar surface area (TPSA) is 18.5 Å². The Morgan fingerprint density at radius 2 is 2.07 bits per heavy atom. The summed E-state index contributed by atoms with van der Waals surface area (Å²) < 4.78 is 11.0. The summed E-state index contributed by atoms with van der Waals surface area (Å²) in [5.41, 5.74) is 0. The standard InChI is InChI=1S/C11H12BrClO2/c1-14-11-6-8(13)2-3-10(11)15-9-4-7(12)5-9/h2-3,6-7,9H,4-5H2,1H3. The van der Waals surface area contributed by atoms with Crippen molar-refractivity contribution in [3.63, 3.8) is 0 Å². The molecule has 1 fully saturated rings. The lowest BCUT2D eigenvalue weighted by Crippen LogP contribution is -2.34. The average molecular weight is 292 g/mol. The summed E-state index contributed by atoms with van der Waals surface area (Å²) in [5.74, 6) is 1.46. The van der Waals surface area contributed by atoms with Crippen LogP contribution >= 0.6 is 27.5 Å². The van der Waals surface area contributed by atoms with Crippen LogP contribution in [0.15, 0.2) is 18.2 Å². The second kappa shape index (κ2) is 4.62. The Morgan fingerprint density at radius 3 is 2.67 bits per heavy atom. The molecule has 2 nitrogen and oxygen atoms in total. The molecule has 0 radical (unpaired) electrons. The van der Waals surface area contributed by atoms with E-state index in [0.29, 0.717) is 21.7 Å². The number of ether oxygens (including phenoxy) is 2. The number of hydrogen-bond acceptors (Lipinski definition) is 2. The minimum Gasteiger partial charge on any atom is -0.493 e. The molecule has 0 saturated heterocycles. The van der Waals surface area contributed by atoms with Gasteiger partial charge in [-0.15, -0.1) is 0 Å². The van der Waals surface area contributed by atoms with Crippen molar-refractivity contribution in [2.75, 3.05) is 7.11 Å². The van der Waals surface area contributed by atoms with E-state index in [1.807, 2.05) is 12.1 Å². The van der Waals surface area contributed by atoms with E-state index in [9.17, 15) is 0 Å². The van der Waals surface area contributed by atoms with Gasteiger partial charge >= 0.3 is 0 Å². The smallest absolute Gasteiger partial charge is 0.162 e. The van der Waals surface area contributed by atoms with Gasteiger partial charge in [-0.2, -0.15) is 0 Å². The van der Waals surface area contributed by atoms with Crippen molar-refractivity contribution in [1.29, 1.82) is 0 Å². The van der Waals surface area contributed by atoms with Crippen LogP contribution in [0.25, 0.3) is 0 Å². The van der Waals surface area contributed by atoms with Gasteiger partial charge in [0.25, 0.3) is 0 Å². The molecule has 1 aromatic rings. The van der Waals surface area contributed by atoms with Gasteiger partial charge < -0.3 is 9.47 Å². The monoisotopic (exact) mass is 290 g/mol. The molecule has 1 aliphatic rings. The first-order valence-electron chi connectivity index (χ1n) is 4.83. The molecule has 0 spiro atoms. The maximum absolute atomic E-state index is 5.86. The number of halogens is 2. The highest BCUT2D eigenvalue weighted by Crippen LogP contribution is 2.36. The third-order valence-corrected chi connectivity index (χ3v) is 3.44. The Balaban J connectivity index is 2.07. The molecule has 0 aliphatic heterocycles. The second-order valence-corrected chi connectivity index (χ2v) is 5.34. The van der Waals surface area contributed by atoms with E-state index in [4.69, 9.17) is 21.1 Å². The first kappa shape index (κ1) is 11.1. The highest BCUT2D eigenvalue weighted by Gasteiger charge is 2.29. The summed E-state index contributed by atoms with van der Waals surface area (Å²) in [6.07, 6.45) is 2.39. The summed E-state index contributed by atoms with van der Waals surface area (Å²) in [4.78, 5) is 0.598. The first-order valence-corrected chi connectivity index (χ1v) is 6.12. The molecule has 0 unspecified atom stereocenters. The van der Waals surface area contributed by atoms with Gasteiger partial charge in [0, 0.05) is 15.9 Å². The van der Waals surface area contributed by atoms with Gasteiger partial charge in [-0.05, 0) is 25.0 Å². The number of benzene rings is 1. The van der Waals surface area contributed by atoms with Crippen LogP contribution in [0.2, 0.25) is 5.02 Å². The van der Waals surface area contributed by atoms with E-state index in [-0.39, 0.29) is 0 Å². The van der Waals surface area contributed by atoms with E-state index in [0.717, 1.165) is 18.6 Å². The van der Waals surface area contributed by atoms with Crippen LogP contribution in [0.1, 0.15) is 12.8 Å². The zero-order valence-electron chi connectivity index (χ0n) is 8.37. The minimum atomic E-state index is 0.296. The molecule has 82 valence electrons. The average Bonchev–Trinajstić information content (AvgIpc) is 2.18. The Bertz CT molecular complexity index is 350. The number of methoxy groups -OCH3 is 1. The molecule has 0 N–H and O–H groups in total. The molecule has 4 heteroatoms. The molecule has 1 saturated carbocycles. The van der Waals surface area contributed by atoms with Crippen LogP contribution in [0, 0.1) is 0 Å². The fourth-order valence-corrected chi connectivity index (χ4v) is 2.51. The molecular weight excluding hydrogens is 279 g/mol. The van der Waals surface area contributed by atoms with Crippen molar-refractivity contribution in [2.45, 2.75) is 23.8 Å². The highest BCUT2D eigenvalue weighted by molar-refractivity contribution is 9.09. The molecule has 0 bridgehead atoms. The van der Waals surface area contributed by atoms with E-state index in [2.05, 4.69) is 15.9 Å². The van der Waals surface area contributed by atoms with Crippen molar-refractivity contribution in [3.05, 3.63) is 23.2 Å². The van der Waals surface area contributed by atoms with Gasteiger partial charge in [0.15, 0.2) is 11.5 Å². The molecule has 0 atom stereocenters. The summed E-state index contributed by atoms with van der Waals surface area (Å²) in [5, 5.41) is 0.658. The fraction of sp³-hybridized carbons (Fsp3) is 0.455. The summed E-state index contributed by atoms with van der Waals surface area (Å²) in [6.45, 7) is 0. The SMILES string of the molecule is COc1cc(Cl)ccc1OC1CC(Br)C1. The Morgan fingerprint density at radius 1 is 1.33 bits per heavy atom. The number of alkyl halides is 1. The van der Waals surface area contributed by atoms with Gasteiger partial charge in [-0.3, -0.25) is 0 Å². The fourth-order valence-electron chi connectivity index (χ4n) is 1.52. The molecule has 2 rings (SSSR count). The molecule has 1 aliphatic carbocycles. The van der Waals surface area contributed by atoms with E-state index < -0.39 is 0 Å². The zero-order chi connectivity index (χ0) is 10.8. The van der Waals surface area contributed by atoms with Gasteiger partial charge in [0.1, 0.15) is 6.10 Å². The summed E-state index contributed by atoms with van der Waals surface area (Å²) in [7, 11) is 1.62. The zero-order valence-corrected chi connectivity index (χ0v) is 10.7. The largest absolute Gasteiger partial charge is 0.493 e. The predicted octanol–water partition coefficient (Wildman–Crippen LogP) is 3.65. The van der Waals surface area contributed by atoms with Crippen molar-refractivity contribution < 1.29 is 9.47 Å². The lowest BCUT2D eigenvalue weighted by molar-refractivity contribution is 0.123. The lowest BCUT2D eigenvalue weighted by atomic mass is 9.96. The second-order valence-electron chi connectivity index (χ2n) is 3.60. The van der Waals surface area contributed by atoms with Crippen LogP contribution in [0.3, 0.4) is 0 Å². The molecule has 0 heterocycles. The van der Waals surface area contributed by atoms with E-state index in [1.165, 1.54) is 0 Å². The molecular formula is C11H12BrClO2. The van der Waals surface area contributed by atoms with Crippen molar-refractivity contribution in [2.24, 2.45) is 0 Å². The van der Waals surface area contributed by atoms with Crippen LogP contribution in [-0.2, 0) is 0 Å². The number of hydrogen-bond donors (Lipinski definition) is 0. The van der Waals surface area contributed by atoms with E-state index in [1.54, 1.807) is 13.2 Å². The van der Waals surface area contributed by atoms with Crippen LogP contribution in [0.5, 0.6) is 11.5 Å². The van der Waals surface area contributed by atoms with Gasteiger partial charge in [-0.1, -0.05) is 27.5 Å². The Labute approximate surface area is 103 Å². The normalized spacial score (nSPS) is 24.5. The van der Waals surface area contributed by atoms with Gasteiger partial charge in [0.2, 0.25) is 0 Å². The minimum absolute atomic E-state index is 0.296. The van der Waals surface area contributed by atoms with Crippen molar-refractivity contribution in [3.8, 4) is 11.5 Å². The molecule has 15 heavy (non-hydrogen) atoms. The number of rotatable bonds is 3. The van der Waals surface area contributed by atoms with Crippen molar-refractivity contribution in [1.82, 2.24) is 0 Å². The molecule has 0 aromatic heterocycles. The van der Waals surface area contributed by atoms with Crippen LogP contribution < -0.4 is 9.47 Å². The third kappa shape index (κ3) is 2.58. The van der Waals surface area contributed by atoms with Gasteiger partial charge in [0.05, 0.1) is 7.11 Å². The van der Waals surface area contributed by atoms with Crippen LogP contribution in [0.4, 0.5) is 0 Å². The maximum atomic E-state index is 5.86. The molecule has 1 aromatic carbocycles. The maximum Gasteiger partial charge on any atom is 0.162 e. The quantitative estimate of drug-likeness (QED) is 0.791. The summed E-state index contributed by atoms with van der Waals surface area (Å²) >= 11 is 9.39. The lowest BCUT2D eigenvalue weighted by Gasteiger charge is -2.31. The predicted molar refractivity (Wildman–Crippen MR) is 64.4 cm³/mol. The highest BCUT2D eigenvalue weighted by atomic mass is 79.9. The van der Waals surface area contributed by atoms with E-state index >= 15 is 0 Å². The van der Waals surface area contributed by atoms with Crippen LogP contribution in [-0.4, -0.2) is 18.0 Å². The Kier molecular flexibility index (Phi) is 3.42. The first-order chi connectivity index (χ1) is 7.19.